The third kappa shape index (κ3) is 3.69. The molecule has 0 saturated carbocycles. The maximum Gasteiger partial charge on any atom is 0.180 e. The Balaban J connectivity index is 1.85. The van der Waals surface area contributed by atoms with Crippen molar-refractivity contribution in [1.82, 2.24) is 10.3 Å². The number of hydrogen-bond donors (Lipinski definition) is 2. The fraction of sp³-hybridized carbons (Fsp3) is 0.308. The lowest BCUT2D eigenvalue weighted by molar-refractivity contribution is 0.238. The predicted molar refractivity (Wildman–Crippen MR) is 64.4 cm³/mol. The smallest absolute Gasteiger partial charge is 0.180 e. The van der Waals surface area contributed by atoms with E-state index in [1.54, 1.807) is 6.20 Å². The van der Waals surface area contributed by atoms with E-state index in [9.17, 15) is 5.11 Å². The number of rotatable bonds is 6. The van der Waals surface area contributed by atoms with Gasteiger partial charge in [-0.15, -0.1) is 0 Å². The molecule has 1 atom stereocenters. The van der Waals surface area contributed by atoms with Gasteiger partial charge in [-0.05, 0) is 12.0 Å². The van der Waals surface area contributed by atoms with Crippen LogP contribution in [0.25, 0.3) is 0 Å². The first-order valence-corrected chi connectivity index (χ1v) is 5.64. The second kappa shape index (κ2) is 6.18. The lowest BCUT2D eigenvalue weighted by Crippen LogP contribution is -2.33. The molecule has 0 saturated heterocycles. The highest BCUT2D eigenvalue weighted by molar-refractivity contribution is 5.15. The lowest BCUT2D eigenvalue weighted by Gasteiger charge is -2.15. The van der Waals surface area contributed by atoms with Crippen LogP contribution in [0.15, 0.2) is 47.3 Å². The van der Waals surface area contributed by atoms with Gasteiger partial charge in [-0.1, -0.05) is 30.3 Å². The fourth-order valence-corrected chi connectivity index (χ4v) is 1.67. The molecule has 0 spiro atoms. The van der Waals surface area contributed by atoms with Gasteiger partial charge in [-0.2, -0.15) is 0 Å². The molecule has 17 heavy (non-hydrogen) atoms. The summed E-state index contributed by atoms with van der Waals surface area (Å²) < 4.78 is 5.12. The van der Waals surface area contributed by atoms with E-state index in [0.29, 0.717) is 6.54 Å². The van der Waals surface area contributed by atoms with E-state index in [2.05, 4.69) is 22.4 Å². The van der Waals surface area contributed by atoms with E-state index in [0.717, 1.165) is 12.2 Å². The predicted octanol–water partition coefficient (Wildman–Crippen LogP) is 1.37. The molecule has 90 valence electrons. The van der Waals surface area contributed by atoms with Crippen molar-refractivity contribution in [3.05, 3.63) is 54.2 Å². The molecule has 2 rings (SSSR count). The molecule has 0 radical (unpaired) electrons. The molecular formula is C13H16N2O2. The minimum Gasteiger partial charge on any atom is -0.447 e. The number of nitrogens with zero attached hydrogens (tertiary/aromatic N) is 1. The van der Waals surface area contributed by atoms with Crippen LogP contribution >= 0.6 is 0 Å². The van der Waals surface area contributed by atoms with Crippen molar-refractivity contribution >= 4 is 0 Å². The Morgan fingerprint density at radius 3 is 2.76 bits per heavy atom. The van der Waals surface area contributed by atoms with Gasteiger partial charge in [0.2, 0.25) is 0 Å². The summed E-state index contributed by atoms with van der Waals surface area (Å²) in [4.78, 5) is 3.84. The number of oxazole rings is 1. The Kier molecular flexibility index (Phi) is 4.30. The van der Waals surface area contributed by atoms with Crippen molar-refractivity contribution in [3.63, 3.8) is 0 Å². The van der Waals surface area contributed by atoms with E-state index in [-0.39, 0.29) is 12.6 Å². The molecule has 1 aromatic carbocycles. The molecule has 4 heteroatoms. The maximum absolute atomic E-state index is 9.31. The molecule has 0 aliphatic heterocycles. The Morgan fingerprint density at radius 1 is 1.29 bits per heavy atom. The fourth-order valence-electron chi connectivity index (χ4n) is 1.67. The summed E-state index contributed by atoms with van der Waals surface area (Å²) in [5.41, 5.74) is 1.21. The number of aromatic nitrogens is 1. The second-order valence-electron chi connectivity index (χ2n) is 3.92. The summed E-state index contributed by atoms with van der Waals surface area (Å²) in [5, 5.41) is 12.5. The summed E-state index contributed by atoms with van der Waals surface area (Å²) in [6.45, 7) is 0.682. The first-order valence-electron chi connectivity index (χ1n) is 5.64. The minimum atomic E-state index is 0.0301. The molecule has 2 N–H and O–H groups in total. The van der Waals surface area contributed by atoms with E-state index >= 15 is 0 Å². The Morgan fingerprint density at radius 2 is 2.12 bits per heavy atom. The van der Waals surface area contributed by atoms with Crippen molar-refractivity contribution in [2.24, 2.45) is 0 Å². The van der Waals surface area contributed by atoms with Crippen molar-refractivity contribution in [1.29, 1.82) is 0 Å². The van der Waals surface area contributed by atoms with Crippen LogP contribution < -0.4 is 5.32 Å². The van der Waals surface area contributed by atoms with Gasteiger partial charge in [0.25, 0.3) is 0 Å². The number of benzene rings is 1. The van der Waals surface area contributed by atoms with Gasteiger partial charge in [-0.25, -0.2) is 4.98 Å². The summed E-state index contributed by atoms with van der Waals surface area (Å²) in [6, 6.07) is 10.1. The minimum absolute atomic E-state index is 0.0301. The molecule has 4 nitrogen and oxygen atoms in total. The molecule has 2 aromatic rings. The monoisotopic (exact) mass is 232 g/mol. The molecule has 0 unspecified atom stereocenters. The summed E-state index contributed by atoms with van der Waals surface area (Å²) in [6.07, 6.45) is 3.87. The van der Waals surface area contributed by atoms with Crippen LogP contribution in [0.3, 0.4) is 0 Å². The number of aliphatic hydroxyl groups is 1. The first kappa shape index (κ1) is 11.8. The topological polar surface area (TPSA) is 58.3 Å². The van der Waals surface area contributed by atoms with Crippen LogP contribution in [0, 0.1) is 0 Å². The van der Waals surface area contributed by atoms with Crippen LogP contribution in [-0.2, 0) is 13.0 Å². The highest BCUT2D eigenvalue weighted by atomic mass is 16.3. The molecule has 0 fully saturated rings. The van der Waals surface area contributed by atoms with Gasteiger partial charge in [0.15, 0.2) is 6.39 Å². The third-order valence-electron chi connectivity index (χ3n) is 2.59. The lowest BCUT2D eigenvalue weighted by atomic mass is 10.1. The zero-order chi connectivity index (χ0) is 11.9. The normalized spacial score (nSPS) is 12.5. The molecule has 1 heterocycles. The second-order valence-corrected chi connectivity index (χ2v) is 3.92. The van der Waals surface area contributed by atoms with E-state index in [4.69, 9.17) is 4.42 Å². The standard InChI is InChI=1S/C13H16N2O2/c16-9-12(6-11-4-2-1-3-5-11)15-8-13-7-14-10-17-13/h1-5,7,10,12,15-16H,6,8-9H2/t12-/m0/s1. The molecule has 1 aromatic heterocycles. The number of aliphatic hydroxyl groups excluding tert-OH is 1. The Hall–Kier alpha value is -1.65. The van der Waals surface area contributed by atoms with Crippen molar-refractivity contribution < 1.29 is 9.52 Å². The average Bonchev–Trinajstić information content (AvgIpc) is 2.89. The Bertz CT molecular complexity index is 414. The van der Waals surface area contributed by atoms with Gasteiger partial charge >= 0.3 is 0 Å². The van der Waals surface area contributed by atoms with E-state index < -0.39 is 0 Å². The molecule has 0 amide bonds. The van der Waals surface area contributed by atoms with Gasteiger partial charge < -0.3 is 14.8 Å². The number of nitrogens with one attached hydrogen (secondary N) is 1. The third-order valence-corrected chi connectivity index (χ3v) is 2.59. The molecule has 0 aliphatic rings. The van der Waals surface area contributed by atoms with Gasteiger partial charge in [0.1, 0.15) is 5.76 Å². The van der Waals surface area contributed by atoms with Crippen molar-refractivity contribution in [2.75, 3.05) is 6.61 Å². The zero-order valence-corrected chi connectivity index (χ0v) is 9.54. The van der Waals surface area contributed by atoms with Crippen LogP contribution in [0.2, 0.25) is 0 Å². The first-order chi connectivity index (χ1) is 8.38. The number of hydrogen-bond acceptors (Lipinski definition) is 4. The zero-order valence-electron chi connectivity index (χ0n) is 9.54. The van der Waals surface area contributed by atoms with Gasteiger partial charge in [0, 0.05) is 6.04 Å². The van der Waals surface area contributed by atoms with Gasteiger partial charge in [-0.3, -0.25) is 0 Å². The van der Waals surface area contributed by atoms with Crippen LogP contribution in [0.1, 0.15) is 11.3 Å². The largest absolute Gasteiger partial charge is 0.447 e. The highest BCUT2D eigenvalue weighted by Gasteiger charge is 2.08. The van der Waals surface area contributed by atoms with Gasteiger partial charge in [0.05, 0.1) is 19.3 Å². The summed E-state index contributed by atoms with van der Waals surface area (Å²) in [5.74, 6) is 0.775. The van der Waals surface area contributed by atoms with Crippen LogP contribution in [0.5, 0.6) is 0 Å². The maximum atomic E-state index is 9.31. The van der Waals surface area contributed by atoms with Crippen LogP contribution in [-0.4, -0.2) is 22.7 Å². The molecular weight excluding hydrogens is 216 g/mol. The van der Waals surface area contributed by atoms with E-state index in [1.807, 2.05) is 18.2 Å². The van der Waals surface area contributed by atoms with Crippen LogP contribution in [0.4, 0.5) is 0 Å². The Labute approximate surface area is 100 Å². The summed E-state index contributed by atoms with van der Waals surface area (Å²) in [7, 11) is 0. The average molecular weight is 232 g/mol. The summed E-state index contributed by atoms with van der Waals surface area (Å²) >= 11 is 0. The van der Waals surface area contributed by atoms with Crippen molar-refractivity contribution in [2.45, 2.75) is 19.0 Å². The van der Waals surface area contributed by atoms with E-state index in [1.165, 1.54) is 12.0 Å². The van der Waals surface area contributed by atoms with Crippen molar-refractivity contribution in [3.8, 4) is 0 Å². The highest BCUT2D eigenvalue weighted by Crippen LogP contribution is 2.04. The quantitative estimate of drug-likeness (QED) is 0.789. The molecule has 0 bridgehead atoms. The SMILES string of the molecule is OC[C@H](Cc1ccccc1)NCc1cnco1. The molecule has 0 aliphatic carbocycles.